The van der Waals surface area contributed by atoms with E-state index in [4.69, 9.17) is 9.47 Å². The molecule has 0 fully saturated rings. The Morgan fingerprint density at radius 1 is 0.900 bits per heavy atom. The molecule has 0 heterocycles. The van der Waals surface area contributed by atoms with Crippen molar-refractivity contribution < 1.29 is 9.47 Å². The third-order valence-electron chi connectivity index (χ3n) is 3.22. The van der Waals surface area contributed by atoms with Crippen LogP contribution in [-0.4, -0.2) is 12.9 Å². The van der Waals surface area contributed by atoms with Gasteiger partial charge in [-0.1, -0.05) is 49.4 Å². The summed E-state index contributed by atoms with van der Waals surface area (Å²) in [5, 5.41) is 0. The molecule has 0 aliphatic carbocycles. The first-order chi connectivity index (χ1) is 9.78. The molecule has 0 spiro atoms. The fourth-order valence-electron chi connectivity index (χ4n) is 2.02. The van der Waals surface area contributed by atoms with Crippen molar-refractivity contribution in [1.29, 1.82) is 0 Å². The maximum absolute atomic E-state index is 5.73. The van der Waals surface area contributed by atoms with Crippen molar-refractivity contribution in [3.8, 4) is 5.75 Å². The lowest BCUT2D eigenvalue weighted by atomic mass is 10.2. The van der Waals surface area contributed by atoms with Crippen LogP contribution in [0.15, 0.2) is 54.6 Å². The Kier molecular flexibility index (Phi) is 5.63. The summed E-state index contributed by atoms with van der Waals surface area (Å²) in [4.78, 5) is 0. The normalized spacial score (nSPS) is 12.1. The summed E-state index contributed by atoms with van der Waals surface area (Å²) >= 11 is 0. The standard InChI is InChI=1S/C18H22O2/c1-3-16-9-11-18(12-10-16)20-15(2)19-14-13-17-7-5-4-6-8-17/h4-12,15H,3,13-14H2,1-2H3. The highest BCUT2D eigenvalue weighted by atomic mass is 16.7. The molecule has 0 aliphatic heterocycles. The summed E-state index contributed by atoms with van der Waals surface area (Å²) in [6, 6.07) is 18.5. The molecule has 2 aromatic carbocycles. The number of hydrogen-bond acceptors (Lipinski definition) is 2. The fourth-order valence-corrected chi connectivity index (χ4v) is 2.02. The average Bonchev–Trinajstić information content (AvgIpc) is 2.49. The molecule has 106 valence electrons. The molecule has 0 saturated heterocycles. The third-order valence-corrected chi connectivity index (χ3v) is 3.22. The van der Waals surface area contributed by atoms with Crippen LogP contribution < -0.4 is 4.74 Å². The van der Waals surface area contributed by atoms with Crippen LogP contribution in [0.2, 0.25) is 0 Å². The molecule has 0 aromatic heterocycles. The lowest BCUT2D eigenvalue weighted by molar-refractivity contribution is -0.0654. The van der Waals surface area contributed by atoms with Crippen molar-refractivity contribution in [2.75, 3.05) is 6.61 Å². The first-order valence-electron chi connectivity index (χ1n) is 7.19. The Hall–Kier alpha value is -1.80. The van der Waals surface area contributed by atoms with Crippen LogP contribution in [0.1, 0.15) is 25.0 Å². The van der Waals surface area contributed by atoms with E-state index in [2.05, 4.69) is 31.2 Å². The number of hydrogen-bond donors (Lipinski definition) is 0. The van der Waals surface area contributed by atoms with Crippen molar-refractivity contribution in [2.45, 2.75) is 33.0 Å². The molecule has 2 heteroatoms. The Morgan fingerprint density at radius 2 is 1.60 bits per heavy atom. The number of aryl methyl sites for hydroxylation is 1. The van der Waals surface area contributed by atoms with Gasteiger partial charge in [0.2, 0.25) is 0 Å². The monoisotopic (exact) mass is 270 g/mol. The van der Waals surface area contributed by atoms with E-state index in [9.17, 15) is 0 Å². The quantitative estimate of drug-likeness (QED) is 0.701. The largest absolute Gasteiger partial charge is 0.465 e. The van der Waals surface area contributed by atoms with Crippen LogP contribution in [0.5, 0.6) is 5.75 Å². The molecule has 2 aromatic rings. The first kappa shape index (κ1) is 14.6. The van der Waals surface area contributed by atoms with Gasteiger partial charge in [-0.25, -0.2) is 0 Å². The maximum atomic E-state index is 5.73. The van der Waals surface area contributed by atoms with Crippen LogP contribution in [0.3, 0.4) is 0 Å². The zero-order valence-corrected chi connectivity index (χ0v) is 12.2. The van der Waals surface area contributed by atoms with E-state index in [-0.39, 0.29) is 6.29 Å². The number of benzene rings is 2. The molecule has 1 atom stereocenters. The van der Waals surface area contributed by atoms with Gasteiger partial charge < -0.3 is 9.47 Å². The van der Waals surface area contributed by atoms with Crippen molar-refractivity contribution in [1.82, 2.24) is 0 Å². The Morgan fingerprint density at radius 3 is 2.25 bits per heavy atom. The summed E-state index contributed by atoms with van der Waals surface area (Å²) in [6.45, 7) is 4.74. The predicted octanol–water partition coefficient (Wildman–Crippen LogP) is 4.23. The molecule has 0 N–H and O–H groups in total. The molecular weight excluding hydrogens is 248 g/mol. The molecular formula is C18H22O2. The van der Waals surface area contributed by atoms with Crippen molar-refractivity contribution in [3.05, 3.63) is 65.7 Å². The van der Waals surface area contributed by atoms with E-state index in [0.29, 0.717) is 6.61 Å². The second kappa shape index (κ2) is 7.71. The smallest absolute Gasteiger partial charge is 0.196 e. The summed E-state index contributed by atoms with van der Waals surface area (Å²) < 4.78 is 11.4. The van der Waals surface area contributed by atoms with Gasteiger partial charge in [0.15, 0.2) is 6.29 Å². The van der Waals surface area contributed by atoms with Crippen LogP contribution in [0.4, 0.5) is 0 Å². The van der Waals surface area contributed by atoms with Gasteiger partial charge in [0.25, 0.3) is 0 Å². The van der Waals surface area contributed by atoms with Crippen LogP contribution in [0.25, 0.3) is 0 Å². The zero-order chi connectivity index (χ0) is 14.2. The van der Waals surface area contributed by atoms with Gasteiger partial charge in [0.05, 0.1) is 6.61 Å². The topological polar surface area (TPSA) is 18.5 Å². The summed E-state index contributed by atoms with van der Waals surface area (Å²) in [5.41, 5.74) is 2.60. The lowest BCUT2D eigenvalue weighted by Crippen LogP contribution is -2.17. The molecule has 0 aliphatic rings. The van der Waals surface area contributed by atoms with Crippen LogP contribution >= 0.6 is 0 Å². The average molecular weight is 270 g/mol. The molecule has 2 rings (SSSR count). The highest BCUT2D eigenvalue weighted by Crippen LogP contribution is 2.14. The van der Waals surface area contributed by atoms with Gasteiger partial charge in [-0.3, -0.25) is 0 Å². The van der Waals surface area contributed by atoms with Gasteiger partial charge >= 0.3 is 0 Å². The minimum Gasteiger partial charge on any atom is -0.465 e. The van der Waals surface area contributed by atoms with Crippen molar-refractivity contribution in [3.63, 3.8) is 0 Å². The third kappa shape index (κ3) is 4.71. The second-order valence-electron chi connectivity index (χ2n) is 4.79. The highest BCUT2D eigenvalue weighted by Gasteiger charge is 2.04. The van der Waals surface area contributed by atoms with Crippen LogP contribution in [0, 0.1) is 0 Å². The summed E-state index contributed by atoms with van der Waals surface area (Å²) in [7, 11) is 0. The second-order valence-corrected chi connectivity index (χ2v) is 4.79. The highest BCUT2D eigenvalue weighted by molar-refractivity contribution is 5.27. The predicted molar refractivity (Wildman–Crippen MR) is 82.0 cm³/mol. The van der Waals surface area contributed by atoms with Gasteiger partial charge in [-0.2, -0.15) is 0 Å². The van der Waals surface area contributed by atoms with Crippen molar-refractivity contribution in [2.24, 2.45) is 0 Å². The Bertz CT molecular complexity index is 491. The minimum atomic E-state index is -0.230. The Balaban J connectivity index is 1.73. The van der Waals surface area contributed by atoms with E-state index in [1.54, 1.807) is 0 Å². The van der Waals surface area contributed by atoms with E-state index in [0.717, 1.165) is 18.6 Å². The summed E-state index contributed by atoms with van der Waals surface area (Å²) in [6.07, 6.45) is 1.72. The molecule has 0 radical (unpaired) electrons. The minimum absolute atomic E-state index is 0.230. The maximum Gasteiger partial charge on any atom is 0.196 e. The van der Waals surface area contributed by atoms with Gasteiger partial charge in [-0.05, 0) is 43.0 Å². The molecule has 0 bridgehead atoms. The van der Waals surface area contributed by atoms with Gasteiger partial charge in [-0.15, -0.1) is 0 Å². The first-order valence-corrected chi connectivity index (χ1v) is 7.19. The van der Waals surface area contributed by atoms with E-state index in [1.807, 2.05) is 37.3 Å². The molecule has 2 nitrogen and oxygen atoms in total. The van der Waals surface area contributed by atoms with Gasteiger partial charge in [0, 0.05) is 0 Å². The lowest BCUT2D eigenvalue weighted by Gasteiger charge is -2.15. The Labute approximate surface area is 121 Å². The van der Waals surface area contributed by atoms with E-state index < -0.39 is 0 Å². The summed E-state index contributed by atoms with van der Waals surface area (Å²) in [5.74, 6) is 0.856. The molecule has 20 heavy (non-hydrogen) atoms. The molecule has 1 unspecified atom stereocenters. The van der Waals surface area contributed by atoms with E-state index in [1.165, 1.54) is 11.1 Å². The van der Waals surface area contributed by atoms with E-state index >= 15 is 0 Å². The zero-order valence-electron chi connectivity index (χ0n) is 12.2. The number of ether oxygens (including phenoxy) is 2. The molecule has 0 saturated carbocycles. The SMILES string of the molecule is CCc1ccc(OC(C)OCCc2ccccc2)cc1. The number of rotatable bonds is 7. The van der Waals surface area contributed by atoms with Crippen LogP contribution in [-0.2, 0) is 17.6 Å². The molecule has 0 amide bonds. The fraction of sp³-hybridized carbons (Fsp3) is 0.333. The van der Waals surface area contributed by atoms with Gasteiger partial charge in [0.1, 0.15) is 5.75 Å². The van der Waals surface area contributed by atoms with Crippen molar-refractivity contribution >= 4 is 0 Å².